The Labute approximate surface area is 123 Å². The number of nitrogens with zero attached hydrogens (tertiary/aromatic N) is 1. The first-order valence-electron chi connectivity index (χ1n) is 7.61. The molecule has 1 aromatic rings. The molecule has 20 heavy (non-hydrogen) atoms. The summed E-state index contributed by atoms with van der Waals surface area (Å²) in [4.78, 5) is 2.53. The normalized spacial score (nSPS) is 19.2. The lowest BCUT2D eigenvalue weighted by molar-refractivity contribution is 0.0279. The summed E-state index contributed by atoms with van der Waals surface area (Å²) < 4.78 is 5.46. The predicted octanol–water partition coefficient (Wildman–Crippen LogP) is 2.72. The SMILES string of the molecule is COC1CCN(C(CN)c2c(C)cc(C)cc2C)CC1. The third kappa shape index (κ3) is 3.22. The zero-order valence-electron chi connectivity index (χ0n) is 13.3. The minimum atomic E-state index is 0.341. The summed E-state index contributed by atoms with van der Waals surface area (Å²) in [5.41, 5.74) is 11.6. The molecule has 3 nitrogen and oxygen atoms in total. The van der Waals surface area contributed by atoms with Gasteiger partial charge in [-0.05, 0) is 50.3 Å². The smallest absolute Gasteiger partial charge is 0.0595 e. The van der Waals surface area contributed by atoms with Crippen LogP contribution in [-0.4, -0.2) is 37.7 Å². The van der Waals surface area contributed by atoms with Crippen molar-refractivity contribution in [1.82, 2.24) is 4.90 Å². The number of likely N-dealkylation sites (tertiary alicyclic amines) is 1. The lowest BCUT2D eigenvalue weighted by Crippen LogP contribution is -2.42. The molecular weight excluding hydrogens is 248 g/mol. The Morgan fingerprint density at radius 2 is 1.75 bits per heavy atom. The molecule has 1 aromatic carbocycles. The molecule has 2 N–H and O–H groups in total. The highest BCUT2D eigenvalue weighted by Gasteiger charge is 2.27. The minimum Gasteiger partial charge on any atom is -0.381 e. The molecule has 0 spiro atoms. The van der Waals surface area contributed by atoms with Gasteiger partial charge >= 0.3 is 0 Å². The van der Waals surface area contributed by atoms with Gasteiger partial charge in [0.05, 0.1) is 6.10 Å². The average molecular weight is 276 g/mol. The van der Waals surface area contributed by atoms with E-state index in [2.05, 4.69) is 37.8 Å². The lowest BCUT2D eigenvalue weighted by Gasteiger charge is -2.38. The maximum Gasteiger partial charge on any atom is 0.0595 e. The number of methoxy groups -OCH3 is 1. The van der Waals surface area contributed by atoms with E-state index in [0.29, 0.717) is 18.7 Å². The van der Waals surface area contributed by atoms with Crippen molar-refractivity contribution in [2.45, 2.75) is 45.8 Å². The summed E-state index contributed by atoms with van der Waals surface area (Å²) in [6, 6.07) is 4.88. The summed E-state index contributed by atoms with van der Waals surface area (Å²) in [5.74, 6) is 0. The maximum atomic E-state index is 6.11. The third-order valence-electron chi connectivity index (χ3n) is 4.55. The van der Waals surface area contributed by atoms with Gasteiger partial charge in [0.15, 0.2) is 0 Å². The van der Waals surface area contributed by atoms with Crippen LogP contribution in [0, 0.1) is 20.8 Å². The highest BCUT2D eigenvalue weighted by atomic mass is 16.5. The second kappa shape index (κ2) is 6.70. The molecule has 2 rings (SSSR count). The molecule has 112 valence electrons. The standard InChI is InChI=1S/C17H28N2O/c1-12-9-13(2)17(14(3)10-12)16(11-18)19-7-5-15(20-4)6-8-19/h9-10,15-16H,5-8,11,18H2,1-4H3. The Balaban J connectivity index is 2.21. The Morgan fingerprint density at radius 3 is 2.20 bits per heavy atom. The van der Waals surface area contributed by atoms with Crippen molar-refractivity contribution in [3.8, 4) is 0 Å². The molecule has 1 aliphatic heterocycles. The topological polar surface area (TPSA) is 38.5 Å². The molecule has 0 aromatic heterocycles. The number of aryl methyl sites for hydroxylation is 3. The van der Waals surface area contributed by atoms with Gasteiger partial charge in [0, 0.05) is 32.8 Å². The average Bonchev–Trinajstić information content (AvgIpc) is 2.43. The van der Waals surface area contributed by atoms with Crippen LogP contribution in [0.3, 0.4) is 0 Å². The van der Waals surface area contributed by atoms with E-state index in [0.717, 1.165) is 25.9 Å². The van der Waals surface area contributed by atoms with Crippen LogP contribution in [0.25, 0.3) is 0 Å². The van der Waals surface area contributed by atoms with Gasteiger partial charge in [0.25, 0.3) is 0 Å². The van der Waals surface area contributed by atoms with Gasteiger partial charge in [-0.25, -0.2) is 0 Å². The fourth-order valence-electron chi connectivity index (χ4n) is 3.59. The Bertz CT molecular complexity index is 427. The highest BCUT2D eigenvalue weighted by Crippen LogP contribution is 2.30. The van der Waals surface area contributed by atoms with Crippen molar-refractivity contribution in [2.24, 2.45) is 5.73 Å². The lowest BCUT2D eigenvalue weighted by atomic mass is 9.92. The quantitative estimate of drug-likeness (QED) is 0.919. The molecular formula is C17H28N2O. The van der Waals surface area contributed by atoms with E-state index in [1.54, 1.807) is 0 Å². The van der Waals surface area contributed by atoms with Crippen molar-refractivity contribution < 1.29 is 4.74 Å². The van der Waals surface area contributed by atoms with E-state index in [4.69, 9.17) is 10.5 Å². The number of ether oxygens (including phenoxy) is 1. The van der Waals surface area contributed by atoms with Gasteiger partial charge in [-0.2, -0.15) is 0 Å². The number of rotatable bonds is 4. The molecule has 0 bridgehead atoms. The molecule has 0 radical (unpaired) electrons. The summed E-state index contributed by atoms with van der Waals surface area (Å²) in [5, 5.41) is 0. The second-order valence-corrected chi connectivity index (χ2v) is 6.03. The van der Waals surface area contributed by atoms with Crippen LogP contribution < -0.4 is 5.73 Å². The number of benzene rings is 1. The van der Waals surface area contributed by atoms with Gasteiger partial charge in [-0.1, -0.05) is 17.7 Å². The Morgan fingerprint density at radius 1 is 1.20 bits per heavy atom. The largest absolute Gasteiger partial charge is 0.381 e. The first kappa shape index (κ1) is 15.5. The zero-order chi connectivity index (χ0) is 14.7. The predicted molar refractivity (Wildman–Crippen MR) is 84.1 cm³/mol. The molecule has 0 aliphatic carbocycles. The molecule has 0 saturated carbocycles. The van der Waals surface area contributed by atoms with Gasteiger partial charge in [0.1, 0.15) is 0 Å². The minimum absolute atomic E-state index is 0.341. The van der Waals surface area contributed by atoms with Crippen molar-refractivity contribution in [3.05, 3.63) is 34.4 Å². The van der Waals surface area contributed by atoms with Gasteiger partial charge in [-0.15, -0.1) is 0 Å². The molecule has 3 heteroatoms. The summed E-state index contributed by atoms with van der Waals surface area (Å²) in [6.45, 7) is 9.41. The number of piperidine rings is 1. The fourth-order valence-corrected chi connectivity index (χ4v) is 3.59. The Hall–Kier alpha value is -0.900. The van der Waals surface area contributed by atoms with Gasteiger partial charge < -0.3 is 10.5 Å². The van der Waals surface area contributed by atoms with E-state index in [-0.39, 0.29) is 0 Å². The van der Waals surface area contributed by atoms with E-state index in [9.17, 15) is 0 Å². The van der Waals surface area contributed by atoms with E-state index >= 15 is 0 Å². The van der Waals surface area contributed by atoms with Crippen molar-refractivity contribution in [1.29, 1.82) is 0 Å². The van der Waals surface area contributed by atoms with Crippen LogP contribution in [-0.2, 0) is 4.74 Å². The molecule has 1 aliphatic rings. The van der Waals surface area contributed by atoms with Crippen LogP contribution in [0.15, 0.2) is 12.1 Å². The molecule has 1 fully saturated rings. The number of hydrogen-bond donors (Lipinski definition) is 1. The van der Waals surface area contributed by atoms with Crippen LogP contribution >= 0.6 is 0 Å². The molecule has 1 atom stereocenters. The summed E-state index contributed by atoms with van der Waals surface area (Å²) >= 11 is 0. The molecule has 1 heterocycles. The zero-order valence-corrected chi connectivity index (χ0v) is 13.3. The molecule has 1 unspecified atom stereocenters. The summed E-state index contributed by atoms with van der Waals surface area (Å²) in [6.07, 6.45) is 2.64. The summed E-state index contributed by atoms with van der Waals surface area (Å²) in [7, 11) is 1.81. The third-order valence-corrected chi connectivity index (χ3v) is 4.55. The van der Waals surface area contributed by atoms with E-state index < -0.39 is 0 Å². The van der Waals surface area contributed by atoms with E-state index in [1.165, 1.54) is 22.3 Å². The Kier molecular flexibility index (Phi) is 5.19. The fraction of sp³-hybridized carbons (Fsp3) is 0.647. The monoisotopic (exact) mass is 276 g/mol. The van der Waals surface area contributed by atoms with Crippen LogP contribution in [0.1, 0.15) is 41.1 Å². The van der Waals surface area contributed by atoms with Gasteiger partial charge in [-0.3, -0.25) is 4.90 Å². The van der Waals surface area contributed by atoms with E-state index in [1.807, 2.05) is 7.11 Å². The van der Waals surface area contributed by atoms with Crippen LogP contribution in [0.2, 0.25) is 0 Å². The first-order chi connectivity index (χ1) is 9.56. The van der Waals surface area contributed by atoms with Gasteiger partial charge in [0.2, 0.25) is 0 Å². The van der Waals surface area contributed by atoms with Crippen molar-refractivity contribution in [2.75, 3.05) is 26.7 Å². The van der Waals surface area contributed by atoms with Crippen molar-refractivity contribution in [3.63, 3.8) is 0 Å². The molecule has 0 amide bonds. The highest BCUT2D eigenvalue weighted by molar-refractivity contribution is 5.40. The van der Waals surface area contributed by atoms with Crippen LogP contribution in [0.5, 0.6) is 0 Å². The van der Waals surface area contributed by atoms with Crippen LogP contribution in [0.4, 0.5) is 0 Å². The number of nitrogens with two attached hydrogens (primary N) is 1. The van der Waals surface area contributed by atoms with Crippen molar-refractivity contribution >= 4 is 0 Å². The maximum absolute atomic E-state index is 6.11. The molecule has 1 saturated heterocycles. The number of hydrogen-bond acceptors (Lipinski definition) is 3. The first-order valence-corrected chi connectivity index (χ1v) is 7.61. The second-order valence-electron chi connectivity index (χ2n) is 6.03.